The van der Waals surface area contributed by atoms with E-state index < -0.39 is 0 Å². The van der Waals surface area contributed by atoms with Gasteiger partial charge in [0.15, 0.2) is 5.12 Å². The van der Waals surface area contributed by atoms with Crippen LogP contribution in [0.2, 0.25) is 0 Å². The van der Waals surface area contributed by atoms with Gasteiger partial charge < -0.3 is 0 Å². The van der Waals surface area contributed by atoms with Crippen LogP contribution in [0.3, 0.4) is 0 Å². The molecule has 64 valence electrons. The van der Waals surface area contributed by atoms with E-state index in [1.54, 1.807) is 0 Å². The first-order valence-electron chi connectivity index (χ1n) is 3.75. The molecule has 0 radical (unpaired) electrons. The molecule has 0 aromatic heterocycles. The Morgan fingerprint density at radius 3 is 2.18 bits per heavy atom. The van der Waals surface area contributed by atoms with Crippen molar-refractivity contribution in [1.29, 1.82) is 0 Å². The lowest BCUT2D eigenvalue weighted by Gasteiger charge is -2.08. The van der Waals surface area contributed by atoms with Gasteiger partial charge in [-0.15, -0.1) is 0 Å². The van der Waals surface area contributed by atoms with E-state index in [2.05, 4.69) is 0 Å². The molecule has 2 nitrogen and oxygen atoms in total. The molecule has 3 heteroatoms. The molecule has 0 heterocycles. The van der Waals surface area contributed by atoms with Gasteiger partial charge in [-0.25, -0.2) is 0 Å². The van der Waals surface area contributed by atoms with E-state index in [0.717, 1.165) is 24.6 Å². The highest BCUT2D eigenvalue weighted by Crippen LogP contribution is 2.17. The Labute approximate surface area is 71.7 Å². The van der Waals surface area contributed by atoms with E-state index >= 15 is 0 Å². The molecule has 0 spiro atoms. The number of carbonyl (C=O) groups is 2. The van der Waals surface area contributed by atoms with Crippen molar-refractivity contribution < 1.29 is 9.59 Å². The molecule has 0 N–H and O–H groups in total. The molecule has 0 aromatic rings. The van der Waals surface area contributed by atoms with Gasteiger partial charge in [0.05, 0.1) is 5.25 Å². The molecular formula is C8H14O2S. The maximum absolute atomic E-state index is 10.9. The van der Waals surface area contributed by atoms with Crippen LogP contribution in [0.15, 0.2) is 0 Å². The third-order valence-corrected chi connectivity index (χ3v) is 2.50. The van der Waals surface area contributed by atoms with Gasteiger partial charge in [-0.2, -0.15) is 0 Å². The lowest BCUT2D eigenvalue weighted by molar-refractivity contribution is -0.117. The van der Waals surface area contributed by atoms with Gasteiger partial charge >= 0.3 is 0 Å². The molecule has 0 rings (SSSR count). The van der Waals surface area contributed by atoms with Gasteiger partial charge in [0.25, 0.3) is 0 Å². The highest BCUT2D eigenvalue weighted by molar-refractivity contribution is 8.14. The first kappa shape index (κ1) is 10.7. The summed E-state index contributed by atoms with van der Waals surface area (Å²) in [6, 6.07) is 0. The predicted octanol–water partition coefficient (Wildman–Crippen LogP) is 2.02. The predicted molar refractivity (Wildman–Crippen MR) is 47.6 cm³/mol. The lowest BCUT2D eigenvalue weighted by atomic mass is 10.2. The number of Topliss-reactive ketones (excluding diaryl/α,β-unsaturated/α-hetero) is 1. The minimum absolute atomic E-state index is 0.0265. The van der Waals surface area contributed by atoms with E-state index in [4.69, 9.17) is 0 Å². The average Bonchev–Trinajstić information content (AvgIpc) is 1.86. The second-order valence-electron chi connectivity index (χ2n) is 2.50. The summed E-state index contributed by atoms with van der Waals surface area (Å²) in [5, 5.41) is -0.0869. The second kappa shape index (κ2) is 5.35. The molecule has 0 amide bonds. The molecule has 1 atom stereocenters. The molecule has 1 unspecified atom stereocenters. The van der Waals surface area contributed by atoms with Gasteiger partial charge in [0, 0.05) is 6.92 Å². The van der Waals surface area contributed by atoms with Crippen LogP contribution in [0.1, 0.15) is 33.6 Å². The summed E-state index contributed by atoms with van der Waals surface area (Å²) in [4.78, 5) is 21.5. The van der Waals surface area contributed by atoms with Crippen molar-refractivity contribution in [3.05, 3.63) is 0 Å². The Morgan fingerprint density at radius 1 is 1.36 bits per heavy atom. The van der Waals surface area contributed by atoms with Gasteiger partial charge in [-0.1, -0.05) is 25.1 Å². The molecular weight excluding hydrogens is 160 g/mol. The maximum atomic E-state index is 10.9. The molecule has 11 heavy (non-hydrogen) atoms. The average molecular weight is 174 g/mol. The molecule has 0 bridgehead atoms. The summed E-state index contributed by atoms with van der Waals surface area (Å²) in [5.74, 6) is 0.104. The van der Waals surface area contributed by atoms with E-state index in [1.807, 2.05) is 6.92 Å². The highest BCUT2D eigenvalue weighted by atomic mass is 32.2. The minimum atomic E-state index is -0.113. The van der Waals surface area contributed by atoms with E-state index in [0.29, 0.717) is 0 Å². The van der Waals surface area contributed by atoms with E-state index in [-0.39, 0.29) is 16.1 Å². The monoisotopic (exact) mass is 174 g/mol. The number of hydrogen-bond donors (Lipinski definition) is 0. The van der Waals surface area contributed by atoms with Gasteiger partial charge in [0.2, 0.25) is 0 Å². The topological polar surface area (TPSA) is 34.1 Å². The summed E-state index contributed by atoms with van der Waals surface area (Å²) in [5.41, 5.74) is 0. The zero-order chi connectivity index (χ0) is 8.85. The Balaban J connectivity index is 3.89. The molecule has 0 aliphatic rings. The maximum Gasteiger partial charge on any atom is 0.186 e. The van der Waals surface area contributed by atoms with Crippen molar-refractivity contribution in [2.45, 2.75) is 38.9 Å². The normalized spacial score (nSPS) is 12.6. The number of carbonyl (C=O) groups excluding carboxylic acids is 2. The van der Waals surface area contributed by atoms with Crippen LogP contribution < -0.4 is 0 Å². The smallest absolute Gasteiger partial charge is 0.186 e. The zero-order valence-corrected chi connectivity index (χ0v) is 8.03. The molecule has 0 aliphatic heterocycles. The quantitative estimate of drug-likeness (QED) is 0.654. The molecule has 0 fully saturated rings. The van der Waals surface area contributed by atoms with E-state index in [1.165, 1.54) is 13.8 Å². The van der Waals surface area contributed by atoms with Crippen molar-refractivity contribution in [2.24, 2.45) is 0 Å². The second-order valence-corrected chi connectivity index (χ2v) is 3.88. The summed E-state index contributed by atoms with van der Waals surface area (Å²) in [6.07, 6.45) is 1.75. The summed E-state index contributed by atoms with van der Waals surface area (Å²) in [7, 11) is 0. The van der Waals surface area contributed by atoms with Crippen LogP contribution in [0, 0.1) is 0 Å². The fourth-order valence-electron chi connectivity index (χ4n) is 0.808. The van der Waals surface area contributed by atoms with Crippen molar-refractivity contribution in [1.82, 2.24) is 0 Å². The van der Waals surface area contributed by atoms with Gasteiger partial charge in [0.1, 0.15) is 5.78 Å². The number of rotatable bonds is 4. The standard InChI is InChI=1S/C8H14O2S/c1-4-5-8(6(2)9)11-7(3)10/h8H,4-5H2,1-3H3. The third-order valence-electron chi connectivity index (χ3n) is 1.31. The first-order valence-corrected chi connectivity index (χ1v) is 4.63. The highest BCUT2D eigenvalue weighted by Gasteiger charge is 2.15. The summed E-state index contributed by atoms with van der Waals surface area (Å²) >= 11 is 1.14. The zero-order valence-electron chi connectivity index (χ0n) is 7.22. The van der Waals surface area contributed by atoms with Crippen molar-refractivity contribution in [2.75, 3.05) is 0 Å². The minimum Gasteiger partial charge on any atom is -0.299 e. The van der Waals surface area contributed by atoms with Crippen LogP contribution in [0.4, 0.5) is 0 Å². The SMILES string of the molecule is CCCC(SC(C)=O)C(C)=O. The third kappa shape index (κ3) is 5.01. The molecule has 0 aromatic carbocycles. The summed E-state index contributed by atoms with van der Waals surface area (Å²) < 4.78 is 0. The van der Waals surface area contributed by atoms with E-state index in [9.17, 15) is 9.59 Å². The fourth-order valence-corrected chi connectivity index (χ4v) is 1.73. The lowest BCUT2D eigenvalue weighted by Crippen LogP contribution is -2.14. The van der Waals surface area contributed by atoms with Crippen LogP contribution >= 0.6 is 11.8 Å². The number of hydrogen-bond acceptors (Lipinski definition) is 3. The van der Waals surface area contributed by atoms with Gasteiger partial charge in [-0.05, 0) is 13.3 Å². The fraction of sp³-hybridized carbons (Fsp3) is 0.750. The van der Waals surface area contributed by atoms with Gasteiger partial charge in [-0.3, -0.25) is 9.59 Å². The van der Waals surface area contributed by atoms with Crippen molar-refractivity contribution in [3.8, 4) is 0 Å². The van der Waals surface area contributed by atoms with Crippen LogP contribution in [-0.4, -0.2) is 16.1 Å². The Kier molecular flexibility index (Phi) is 5.20. The molecule has 0 saturated heterocycles. The van der Waals surface area contributed by atoms with Crippen LogP contribution in [-0.2, 0) is 9.59 Å². The summed E-state index contributed by atoms with van der Waals surface area (Å²) in [6.45, 7) is 5.04. The van der Waals surface area contributed by atoms with Crippen molar-refractivity contribution in [3.63, 3.8) is 0 Å². The largest absolute Gasteiger partial charge is 0.299 e. The van der Waals surface area contributed by atoms with Crippen LogP contribution in [0.25, 0.3) is 0 Å². The Morgan fingerprint density at radius 2 is 1.91 bits per heavy atom. The Hall–Kier alpha value is -0.310. The van der Waals surface area contributed by atoms with Crippen molar-refractivity contribution >= 4 is 22.7 Å². The molecule has 0 saturated carbocycles. The molecule has 0 aliphatic carbocycles. The Bertz CT molecular complexity index is 154. The first-order chi connectivity index (χ1) is 5.07. The number of thioether (sulfide) groups is 1. The van der Waals surface area contributed by atoms with Crippen LogP contribution in [0.5, 0.6) is 0 Å². The number of ketones is 1.